The number of nitrogens with one attached hydrogen (secondary N) is 2. The summed E-state index contributed by atoms with van der Waals surface area (Å²) in [6, 6.07) is 3.89. The Labute approximate surface area is 176 Å². The van der Waals surface area contributed by atoms with Gasteiger partial charge >= 0.3 is 0 Å². The summed E-state index contributed by atoms with van der Waals surface area (Å²) in [5.41, 5.74) is 2.91. The quantitative estimate of drug-likeness (QED) is 0.544. The summed E-state index contributed by atoms with van der Waals surface area (Å²) in [7, 11) is 1.68. The molecule has 8 heteroatoms. The summed E-state index contributed by atoms with van der Waals surface area (Å²) < 4.78 is 5.21. The summed E-state index contributed by atoms with van der Waals surface area (Å²) in [6.07, 6.45) is 10.5. The lowest BCUT2D eigenvalue weighted by atomic mass is 9.82. The van der Waals surface area contributed by atoms with E-state index in [0.717, 1.165) is 47.8 Å². The van der Waals surface area contributed by atoms with Crippen molar-refractivity contribution >= 4 is 28.4 Å². The smallest absolute Gasteiger partial charge is 0.223 e. The maximum Gasteiger partial charge on any atom is 0.223 e. The van der Waals surface area contributed by atoms with E-state index < -0.39 is 0 Å². The maximum absolute atomic E-state index is 9.91. The van der Waals surface area contributed by atoms with Gasteiger partial charge in [-0.1, -0.05) is 0 Å². The van der Waals surface area contributed by atoms with E-state index in [2.05, 4.69) is 20.6 Å². The number of anilines is 3. The molecule has 1 atom stereocenters. The van der Waals surface area contributed by atoms with Crippen molar-refractivity contribution in [2.24, 2.45) is 0 Å². The first-order valence-corrected chi connectivity index (χ1v) is 10.4. The first kappa shape index (κ1) is 20.4. The van der Waals surface area contributed by atoms with Gasteiger partial charge in [0.2, 0.25) is 5.95 Å². The second-order valence-corrected chi connectivity index (χ2v) is 7.89. The van der Waals surface area contributed by atoms with E-state index in [1.807, 2.05) is 31.5 Å². The molecule has 0 aromatic carbocycles. The van der Waals surface area contributed by atoms with E-state index in [9.17, 15) is 5.11 Å². The van der Waals surface area contributed by atoms with Crippen molar-refractivity contribution in [1.29, 1.82) is 0 Å². The van der Waals surface area contributed by atoms with Gasteiger partial charge in [0, 0.05) is 49.2 Å². The number of aromatic nitrogens is 4. The Balaban J connectivity index is 1.72. The van der Waals surface area contributed by atoms with Gasteiger partial charge in [0.25, 0.3) is 0 Å². The molecule has 0 saturated heterocycles. The fourth-order valence-corrected chi connectivity index (χ4v) is 3.98. The Hall–Kier alpha value is -2.84. The number of hydrogen-bond acceptors (Lipinski definition) is 8. The Kier molecular flexibility index (Phi) is 6.35. The molecule has 0 spiro atoms. The van der Waals surface area contributed by atoms with Crippen LogP contribution in [0.1, 0.15) is 44.1 Å². The summed E-state index contributed by atoms with van der Waals surface area (Å²) in [5, 5.41) is 17.4. The molecule has 8 nitrogen and oxygen atoms in total. The monoisotopic (exact) mass is 408 g/mol. The molecule has 30 heavy (non-hydrogen) atoms. The lowest BCUT2D eigenvalue weighted by molar-refractivity contribution is 0.122. The van der Waals surface area contributed by atoms with Gasteiger partial charge in [-0.3, -0.25) is 4.98 Å². The van der Waals surface area contributed by atoms with Crippen molar-refractivity contribution in [2.45, 2.75) is 50.7 Å². The van der Waals surface area contributed by atoms with Gasteiger partial charge in [-0.15, -0.1) is 0 Å². The van der Waals surface area contributed by atoms with Gasteiger partial charge in [0.15, 0.2) is 0 Å². The molecule has 0 unspecified atom stereocenters. The molecule has 0 aliphatic heterocycles. The number of fused-ring (bicyclic) bond motifs is 1. The van der Waals surface area contributed by atoms with Crippen LogP contribution in [0.2, 0.25) is 0 Å². The minimum Gasteiger partial charge on any atom is -0.393 e. The molecule has 1 aliphatic rings. The zero-order valence-corrected chi connectivity index (χ0v) is 17.4. The van der Waals surface area contributed by atoms with E-state index in [1.165, 1.54) is 0 Å². The SMILES string of the molecule is COC[C@H](C)Nc1ncc2c(Nc3ccncc3)ncc(C3CCC(O)CC3)c2n1. The fourth-order valence-electron chi connectivity index (χ4n) is 3.98. The van der Waals surface area contributed by atoms with Gasteiger partial charge < -0.3 is 20.5 Å². The molecule has 3 aromatic rings. The molecular formula is C22H28N6O2. The topological polar surface area (TPSA) is 105 Å². The third kappa shape index (κ3) is 4.66. The highest BCUT2D eigenvalue weighted by Gasteiger charge is 2.24. The number of rotatable bonds is 7. The molecule has 0 amide bonds. The Morgan fingerprint density at radius 3 is 2.63 bits per heavy atom. The molecule has 3 N–H and O–H groups in total. The van der Waals surface area contributed by atoms with Crippen LogP contribution in [-0.2, 0) is 4.74 Å². The molecule has 1 fully saturated rings. The molecule has 0 bridgehead atoms. The number of nitrogens with zero attached hydrogens (tertiary/aromatic N) is 4. The summed E-state index contributed by atoms with van der Waals surface area (Å²) in [5.74, 6) is 1.62. The molecule has 3 aromatic heterocycles. The molecule has 4 rings (SSSR count). The first-order chi connectivity index (χ1) is 14.6. The second kappa shape index (κ2) is 9.32. The van der Waals surface area contributed by atoms with Crippen LogP contribution >= 0.6 is 0 Å². The highest BCUT2D eigenvalue weighted by atomic mass is 16.5. The number of aliphatic hydroxyl groups excluding tert-OH is 1. The van der Waals surface area contributed by atoms with Crippen LogP contribution in [0.25, 0.3) is 10.9 Å². The van der Waals surface area contributed by atoms with Gasteiger partial charge in [-0.2, -0.15) is 0 Å². The predicted octanol–water partition coefficient (Wildman–Crippen LogP) is 3.63. The van der Waals surface area contributed by atoms with Crippen LogP contribution in [0.3, 0.4) is 0 Å². The maximum atomic E-state index is 9.91. The molecule has 3 heterocycles. The Morgan fingerprint density at radius 1 is 1.13 bits per heavy atom. The zero-order valence-electron chi connectivity index (χ0n) is 17.4. The number of hydrogen-bond donors (Lipinski definition) is 3. The molecule has 0 radical (unpaired) electrons. The minimum atomic E-state index is -0.199. The number of ether oxygens (including phenoxy) is 1. The van der Waals surface area contributed by atoms with E-state index in [0.29, 0.717) is 24.3 Å². The van der Waals surface area contributed by atoms with Gasteiger partial charge in [-0.05, 0) is 50.7 Å². The van der Waals surface area contributed by atoms with Crippen LogP contribution in [0.4, 0.5) is 17.5 Å². The second-order valence-electron chi connectivity index (χ2n) is 7.89. The van der Waals surface area contributed by atoms with E-state index in [1.54, 1.807) is 19.5 Å². The summed E-state index contributed by atoms with van der Waals surface area (Å²) >= 11 is 0. The van der Waals surface area contributed by atoms with Crippen LogP contribution < -0.4 is 10.6 Å². The van der Waals surface area contributed by atoms with E-state index in [-0.39, 0.29) is 12.1 Å². The normalized spacial score (nSPS) is 20.1. The van der Waals surface area contributed by atoms with Crippen LogP contribution in [-0.4, -0.2) is 50.9 Å². The van der Waals surface area contributed by atoms with Crippen molar-refractivity contribution < 1.29 is 9.84 Å². The highest BCUT2D eigenvalue weighted by molar-refractivity contribution is 5.93. The predicted molar refractivity (Wildman–Crippen MR) is 117 cm³/mol. The Bertz CT molecular complexity index is 976. The molecule has 158 valence electrons. The summed E-state index contributed by atoms with van der Waals surface area (Å²) in [6.45, 7) is 2.60. The standard InChI is InChI=1S/C22H28N6O2/c1-14(13-30-2)26-22-25-12-19-20(28-22)18(15-3-5-17(29)6-4-15)11-24-21(19)27-16-7-9-23-10-8-16/h7-12,14-15,17,29H,3-6,13H2,1-2H3,(H,23,24,27)(H,25,26,28)/t14-,15?,17?/m0/s1. The van der Waals surface area contributed by atoms with Crippen LogP contribution in [0.15, 0.2) is 36.9 Å². The third-order valence-corrected chi connectivity index (χ3v) is 5.52. The van der Waals surface area contributed by atoms with E-state index >= 15 is 0 Å². The van der Waals surface area contributed by atoms with Crippen LogP contribution in [0, 0.1) is 0 Å². The van der Waals surface area contributed by atoms with Gasteiger partial charge in [0.1, 0.15) is 5.82 Å². The van der Waals surface area contributed by atoms with Crippen molar-refractivity contribution in [3.8, 4) is 0 Å². The van der Waals surface area contributed by atoms with Gasteiger partial charge in [-0.25, -0.2) is 15.0 Å². The Morgan fingerprint density at radius 2 is 1.90 bits per heavy atom. The average Bonchev–Trinajstić information content (AvgIpc) is 2.75. The number of pyridine rings is 2. The first-order valence-electron chi connectivity index (χ1n) is 10.4. The molecule has 1 aliphatic carbocycles. The third-order valence-electron chi connectivity index (χ3n) is 5.52. The average molecular weight is 409 g/mol. The lowest BCUT2D eigenvalue weighted by Crippen LogP contribution is -2.22. The van der Waals surface area contributed by atoms with Gasteiger partial charge in [0.05, 0.1) is 23.6 Å². The number of aliphatic hydroxyl groups is 1. The van der Waals surface area contributed by atoms with Crippen molar-refractivity contribution in [2.75, 3.05) is 24.4 Å². The largest absolute Gasteiger partial charge is 0.393 e. The lowest BCUT2D eigenvalue weighted by Gasteiger charge is -2.26. The van der Waals surface area contributed by atoms with Crippen LogP contribution in [0.5, 0.6) is 0 Å². The number of methoxy groups -OCH3 is 1. The summed E-state index contributed by atoms with van der Waals surface area (Å²) in [4.78, 5) is 18.1. The molecule has 1 saturated carbocycles. The molecular weight excluding hydrogens is 380 g/mol. The van der Waals surface area contributed by atoms with Crippen molar-refractivity contribution in [3.05, 3.63) is 42.5 Å². The highest BCUT2D eigenvalue weighted by Crippen LogP contribution is 2.37. The van der Waals surface area contributed by atoms with Crippen molar-refractivity contribution in [3.63, 3.8) is 0 Å². The zero-order chi connectivity index (χ0) is 20.9. The van der Waals surface area contributed by atoms with Crippen molar-refractivity contribution in [1.82, 2.24) is 19.9 Å². The van der Waals surface area contributed by atoms with E-state index in [4.69, 9.17) is 14.7 Å². The fraction of sp³-hybridized carbons (Fsp3) is 0.455. The minimum absolute atomic E-state index is 0.0944.